The fraction of sp³-hybridized carbons (Fsp3) is 0.350. The number of carbonyl (C=O) groups is 1. The van der Waals surface area contributed by atoms with E-state index in [0.717, 1.165) is 44.0 Å². The van der Waals surface area contributed by atoms with Crippen molar-refractivity contribution < 1.29 is 22.9 Å². The zero-order valence-electron chi connectivity index (χ0n) is 15.1. The Bertz CT molecular complexity index is 799. The van der Waals surface area contributed by atoms with Crippen LogP contribution < -0.4 is 15.1 Å². The van der Waals surface area contributed by atoms with Crippen LogP contribution in [0.2, 0.25) is 0 Å². The number of rotatable bonds is 4. The molecule has 1 aliphatic heterocycles. The van der Waals surface area contributed by atoms with E-state index < -0.39 is 11.7 Å². The summed E-state index contributed by atoms with van der Waals surface area (Å²) in [7, 11) is 2.15. The number of quaternary nitrogens is 1. The second kappa shape index (κ2) is 8.00. The van der Waals surface area contributed by atoms with Gasteiger partial charge in [0.2, 0.25) is 5.91 Å². The minimum Gasteiger partial charge on any atom is -0.359 e. The molecule has 2 aromatic rings. The summed E-state index contributed by atoms with van der Waals surface area (Å²) in [6, 6.07) is 12.4. The lowest BCUT2D eigenvalue weighted by molar-refractivity contribution is -0.880. The molecule has 0 aromatic heterocycles. The number of alkyl halides is 3. The molecule has 0 unspecified atom stereocenters. The van der Waals surface area contributed by atoms with Gasteiger partial charge in [0.25, 0.3) is 0 Å². The van der Waals surface area contributed by atoms with Gasteiger partial charge in [-0.3, -0.25) is 4.79 Å². The Morgan fingerprint density at radius 3 is 2.52 bits per heavy atom. The number of nitrogens with zero attached hydrogens (tertiary/aromatic N) is 1. The normalized spacial score (nSPS) is 15.6. The summed E-state index contributed by atoms with van der Waals surface area (Å²) in [6.07, 6.45) is -4.52. The van der Waals surface area contributed by atoms with E-state index in [1.807, 2.05) is 24.3 Å². The highest BCUT2D eigenvalue weighted by Gasteiger charge is 2.30. The minimum absolute atomic E-state index is 0.106. The van der Waals surface area contributed by atoms with Crippen LogP contribution in [-0.2, 0) is 17.4 Å². The second-order valence-corrected chi connectivity index (χ2v) is 6.88. The van der Waals surface area contributed by atoms with E-state index >= 15 is 0 Å². The van der Waals surface area contributed by atoms with Crippen LogP contribution in [-0.4, -0.2) is 39.1 Å². The van der Waals surface area contributed by atoms with Gasteiger partial charge in [0.05, 0.1) is 56.6 Å². The predicted molar refractivity (Wildman–Crippen MR) is 99.1 cm³/mol. The molecule has 7 heteroatoms. The lowest BCUT2D eigenvalue weighted by atomic mass is 10.1. The van der Waals surface area contributed by atoms with Crippen LogP contribution in [0.4, 0.5) is 24.5 Å². The topological polar surface area (TPSA) is 36.8 Å². The Morgan fingerprint density at radius 1 is 1.11 bits per heavy atom. The summed E-state index contributed by atoms with van der Waals surface area (Å²) in [6.45, 7) is 3.83. The Balaban J connectivity index is 1.70. The van der Waals surface area contributed by atoms with Gasteiger partial charge < -0.3 is 15.1 Å². The molecule has 2 N–H and O–H groups in total. The first kappa shape index (κ1) is 19.2. The van der Waals surface area contributed by atoms with Crippen molar-refractivity contribution in [2.24, 2.45) is 0 Å². The first-order valence-electron chi connectivity index (χ1n) is 8.94. The molecule has 1 heterocycles. The highest BCUT2D eigenvalue weighted by molar-refractivity contribution is 5.95. The molecule has 0 bridgehead atoms. The third-order valence-electron chi connectivity index (χ3n) is 4.75. The largest absolute Gasteiger partial charge is 0.416 e. The van der Waals surface area contributed by atoms with Crippen LogP contribution in [0, 0.1) is 0 Å². The highest BCUT2D eigenvalue weighted by Crippen LogP contribution is 2.30. The third kappa shape index (κ3) is 5.01. The molecule has 0 radical (unpaired) electrons. The molecule has 0 aliphatic carbocycles. The smallest absolute Gasteiger partial charge is 0.359 e. The van der Waals surface area contributed by atoms with E-state index in [9.17, 15) is 18.0 Å². The molecule has 1 aliphatic rings. The van der Waals surface area contributed by atoms with Gasteiger partial charge in [-0.05, 0) is 23.8 Å². The second-order valence-electron chi connectivity index (χ2n) is 6.88. The molecular weight excluding hydrogens is 355 g/mol. The van der Waals surface area contributed by atoms with Gasteiger partial charge in [0.1, 0.15) is 0 Å². The van der Waals surface area contributed by atoms with E-state index in [2.05, 4.69) is 17.3 Å². The average Bonchev–Trinajstić information content (AvgIpc) is 2.62. The lowest BCUT2D eigenvalue weighted by Gasteiger charge is -2.33. The van der Waals surface area contributed by atoms with Crippen molar-refractivity contribution >= 4 is 17.3 Å². The monoisotopic (exact) mass is 378 g/mol. The summed E-state index contributed by atoms with van der Waals surface area (Å²) in [5.74, 6) is -0.332. The van der Waals surface area contributed by atoms with Gasteiger partial charge >= 0.3 is 6.18 Å². The van der Waals surface area contributed by atoms with Crippen molar-refractivity contribution in [3.05, 3.63) is 59.7 Å². The number of nitrogens with one attached hydrogen (secondary N) is 2. The van der Waals surface area contributed by atoms with Gasteiger partial charge in [-0.25, -0.2) is 0 Å². The summed E-state index contributed by atoms with van der Waals surface area (Å²) in [5.41, 5.74) is 1.23. The van der Waals surface area contributed by atoms with Crippen molar-refractivity contribution in [1.82, 2.24) is 0 Å². The number of carbonyl (C=O) groups excluding carboxylic acids is 1. The highest BCUT2D eigenvalue weighted by atomic mass is 19.4. The Hall–Kier alpha value is -2.54. The molecule has 0 saturated carbocycles. The first-order valence-corrected chi connectivity index (χ1v) is 8.94. The molecule has 27 heavy (non-hydrogen) atoms. The number of para-hydroxylation sites is 2. The molecular formula is C20H23F3N3O+. The predicted octanol–water partition coefficient (Wildman–Crippen LogP) is 2.22. The fourth-order valence-corrected chi connectivity index (χ4v) is 3.22. The standard InChI is InChI=1S/C20H22F3N3O/c1-25-9-11-26(12-10-25)18-8-3-2-7-17(18)24-19(27)14-15-5-4-6-16(13-15)20(21,22)23/h2-8,13H,9-12,14H2,1H3,(H,24,27)/p+1. The molecule has 3 rings (SSSR count). The van der Waals surface area contributed by atoms with Gasteiger partial charge in [-0.2, -0.15) is 13.2 Å². The third-order valence-corrected chi connectivity index (χ3v) is 4.75. The van der Waals surface area contributed by atoms with Gasteiger partial charge in [-0.15, -0.1) is 0 Å². The number of hydrogen-bond donors (Lipinski definition) is 2. The van der Waals surface area contributed by atoms with Crippen molar-refractivity contribution in [1.29, 1.82) is 0 Å². The molecule has 1 saturated heterocycles. The van der Waals surface area contributed by atoms with E-state index in [4.69, 9.17) is 0 Å². The van der Waals surface area contributed by atoms with Crippen LogP contribution in [0.25, 0.3) is 0 Å². The first-order chi connectivity index (χ1) is 12.8. The number of hydrogen-bond acceptors (Lipinski definition) is 2. The molecule has 2 aromatic carbocycles. The van der Waals surface area contributed by atoms with Crippen molar-refractivity contribution in [2.45, 2.75) is 12.6 Å². The number of piperazine rings is 1. The van der Waals surface area contributed by atoms with E-state index in [1.165, 1.54) is 17.0 Å². The number of anilines is 2. The molecule has 0 atom stereocenters. The maximum Gasteiger partial charge on any atom is 0.416 e. The van der Waals surface area contributed by atoms with E-state index in [0.29, 0.717) is 11.3 Å². The Kier molecular flexibility index (Phi) is 5.70. The van der Waals surface area contributed by atoms with Crippen LogP contribution in [0.3, 0.4) is 0 Å². The lowest BCUT2D eigenvalue weighted by Crippen LogP contribution is -3.12. The van der Waals surface area contributed by atoms with Crippen LogP contribution in [0.15, 0.2) is 48.5 Å². The minimum atomic E-state index is -4.41. The zero-order chi connectivity index (χ0) is 19.4. The molecule has 1 amide bonds. The quantitative estimate of drug-likeness (QED) is 0.856. The molecule has 144 valence electrons. The molecule has 1 fully saturated rings. The number of amides is 1. The number of likely N-dealkylation sites (N-methyl/N-ethyl adjacent to an activating group) is 1. The van der Waals surface area contributed by atoms with Crippen molar-refractivity contribution in [2.75, 3.05) is 43.4 Å². The molecule has 4 nitrogen and oxygen atoms in total. The SMILES string of the molecule is C[NH+]1CCN(c2ccccc2NC(=O)Cc2cccc(C(F)(F)F)c2)CC1. The van der Waals surface area contributed by atoms with Crippen LogP contribution in [0.5, 0.6) is 0 Å². The maximum atomic E-state index is 12.8. The van der Waals surface area contributed by atoms with Gasteiger partial charge in [0, 0.05) is 0 Å². The average molecular weight is 378 g/mol. The van der Waals surface area contributed by atoms with Crippen LogP contribution in [0.1, 0.15) is 11.1 Å². The summed E-state index contributed by atoms with van der Waals surface area (Å²) in [5, 5.41) is 2.86. The van der Waals surface area contributed by atoms with Crippen molar-refractivity contribution in [3.8, 4) is 0 Å². The maximum absolute atomic E-state index is 12.8. The summed E-state index contributed by atoms with van der Waals surface area (Å²) >= 11 is 0. The molecule has 0 spiro atoms. The Labute approximate surface area is 156 Å². The summed E-state index contributed by atoms with van der Waals surface area (Å²) < 4.78 is 38.5. The van der Waals surface area contributed by atoms with Crippen LogP contribution >= 0.6 is 0 Å². The van der Waals surface area contributed by atoms with Crippen molar-refractivity contribution in [3.63, 3.8) is 0 Å². The van der Waals surface area contributed by atoms with E-state index in [-0.39, 0.29) is 12.3 Å². The Morgan fingerprint density at radius 2 is 1.81 bits per heavy atom. The number of benzene rings is 2. The number of halogens is 3. The summed E-state index contributed by atoms with van der Waals surface area (Å²) in [4.78, 5) is 16.1. The van der Waals surface area contributed by atoms with Gasteiger partial charge in [-0.1, -0.05) is 30.3 Å². The van der Waals surface area contributed by atoms with Gasteiger partial charge in [0.15, 0.2) is 0 Å². The fourth-order valence-electron chi connectivity index (χ4n) is 3.22. The zero-order valence-corrected chi connectivity index (χ0v) is 15.1. The van der Waals surface area contributed by atoms with E-state index in [1.54, 1.807) is 0 Å².